The second kappa shape index (κ2) is 10.9. The van der Waals surface area contributed by atoms with Crippen molar-refractivity contribution >= 4 is 34.7 Å². The molecule has 148 valence electrons. The van der Waals surface area contributed by atoms with Crippen molar-refractivity contribution in [1.29, 1.82) is 5.26 Å². The van der Waals surface area contributed by atoms with Crippen LogP contribution in [-0.4, -0.2) is 49.4 Å². The normalized spacial score (nSPS) is 17.2. The fraction of sp³-hybridized carbons (Fsp3) is 0.450. The lowest BCUT2D eigenvalue weighted by atomic mass is 10.0. The second-order valence-corrected chi connectivity index (χ2v) is 8.79. The van der Waals surface area contributed by atoms with Gasteiger partial charge in [-0.15, -0.1) is 11.3 Å². The summed E-state index contributed by atoms with van der Waals surface area (Å²) >= 11 is 3.48. The number of nitrogens with zero attached hydrogens (tertiary/aromatic N) is 4. The molecule has 3 rings (SSSR count). The van der Waals surface area contributed by atoms with Gasteiger partial charge in [-0.1, -0.05) is 23.9 Å². The highest BCUT2D eigenvalue weighted by molar-refractivity contribution is 8.00. The first-order valence-electron chi connectivity index (χ1n) is 9.53. The number of rotatable bonds is 7. The van der Waals surface area contributed by atoms with Crippen molar-refractivity contribution < 1.29 is 0 Å². The largest absolute Gasteiger partial charge is 0.368 e. The maximum absolute atomic E-state index is 9.37. The zero-order valence-corrected chi connectivity index (χ0v) is 17.7. The maximum Gasteiger partial charge on any atom is 0.191 e. The van der Waals surface area contributed by atoms with Gasteiger partial charge in [0.15, 0.2) is 5.96 Å². The molecule has 2 N–H and O–H groups in total. The van der Waals surface area contributed by atoms with Gasteiger partial charge in [0.25, 0.3) is 0 Å². The number of anilines is 1. The zero-order valence-electron chi connectivity index (χ0n) is 16.1. The molecule has 1 unspecified atom stereocenters. The van der Waals surface area contributed by atoms with Crippen LogP contribution in [0.2, 0.25) is 0 Å². The lowest BCUT2D eigenvalue weighted by Crippen LogP contribution is -2.51. The monoisotopic (exact) mass is 414 g/mol. The summed E-state index contributed by atoms with van der Waals surface area (Å²) in [5, 5.41) is 18.3. The number of hydrogen-bond donors (Lipinski definition) is 2. The minimum absolute atomic E-state index is 0.316. The number of aliphatic imine (C=N–C) groups is 1. The van der Waals surface area contributed by atoms with Gasteiger partial charge in [-0.05, 0) is 31.4 Å². The van der Waals surface area contributed by atoms with Crippen molar-refractivity contribution in [3.8, 4) is 6.07 Å². The van der Waals surface area contributed by atoms with Crippen LogP contribution in [0.3, 0.4) is 0 Å². The van der Waals surface area contributed by atoms with Crippen LogP contribution in [0.5, 0.6) is 0 Å². The molecular weight excluding hydrogens is 388 g/mol. The van der Waals surface area contributed by atoms with Crippen molar-refractivity contribution in [2.45, 2.75) is 29.6 Å². The Labute approximate surface area is 175 Å². The number of thioether (sulfide) groups is 1. The summed E-state index contributed by atoms with van der Waals surface area (Å²) in [5.41, 5.74) is 1.77. The highest BCUT2D eigenvalue weighted by atomic mass is 32.2. The molecule has 6 nitrogen and oxygen atoms in total. The third-order valence-electron chi connectivity index (χ3n) is 4.60. The summed E-state index contributed by atoms with van der Waals surface area (Å²) in [5.74, 6) is 1.89. The number of nitrogens with one attached hydrogen (secondary N) is 2. The first-order valence-corrected chi connectivity index (χ1v) is 11.4. The molecular formula is C20H26N6S2. The van der Waals surface area contributed by atoms with E-state index in [0.29, 0.717) is 6.04 Å². The average molecular weight is 415 g/mol. The molecule has 1 fully saturated rings. The van der Waals surface area contributed by atoms with E-state index in [9.17, 15) is 5.26 Å². The van der Waals surface area contributed by atoms with Gasteiger partial charge in [0.2, 0.25) is 0 Å². The quantitative estimate of drug-likeness (QED) is 0.313. The van der Waals surface area contributed by atoms with E-state index in [0.717, 1.165) is 66.2 Å². The Morgan fingerprint density at radius 2 is 2.36 bits per heavy atom. The van der Waals surface area contributed by atoms with Crippen LogP contribution >= 0.6 is 23.1 Å². The summed E-state index contributed by atoms with van der Waals surface area (Å²) in [6.07, 6.45) is 5.10. The first kappa shape index (κ1) is 20.5. The zero-order chi connectivity index (χ0) is 19.6. The lowest BCUT2D eigenvalue weighted by Gasteiger charge is -2.35. The Balaban J connectivity index is 1.44. The molecule has 0 aliphatic carbocycles. The molecule has 1 aliphatic heterocycles. The van der Waals surface area contributed by atoms with Crippen LogP contribution in [0.15, 0.2) is 45.2 Å². The first-order chi connectivity index (χ1) is 13.8. The van der Waals surface area contributed by atoms with Crippen molar-refractivity contribution in [3.05, 3.63) is 41.4 Å². The predicted molar refractivity (Wildman–Crippen MR) is 118 cm³/mol. The minimum atomic E-state index is 0.316. The highest BCUT2D eigenvalue weighted by Gasteiger charge is 2.22. The maximum atomic E-state index is 9.37. The van der Waals surface area contributed by atoms with Crippen molar-refractivity contribution in [3.63, 3.8) is 0 Å². The minimum Gasteiger partial charge on any atom is -0.368 e. The summed E-state index contributed by atoms with van der Waals surface area (Å²) in [4.78, 5) is 11.0. The highest BCUT2D eigenvalue weighted by Crippen LogP contribution is 2.23. The molecule has 1 aromatic carbocycles. The molecule has 1 aliphatic rings. The average Bonchev–Trinajstić information content (AvgIpc) is 3.26. The topological polar surface area (TPSA) is 76.3 Å². The van der Waals surface area contributed by atoms with E-state index in [1.807, 2.05) is 42.9 Å². The van der Waals surface area contributed by atoms with E-state index in [4.69, 9.17) is 0 Å². The van der Waals surface area contributed by atoms with Gasteiger partial charge in [0, 0.05) is 50.1 Å². The molecule has 28 heavy (non-hydrogen) atoms. The Bertz CT molecular complexity index is 799. The smallest absolute Gasteiger partial charge is 0.191 e. The SMILES string of the molecule is CN=C(NCCCSc1nccs1)NC1CCCN(c2ccccc2C#N)C1. The molecule has 0 radical (unpaired) electrons. The number of thiazole rings is 1. The van der Waals surface area contributed by atoms with Crippen molar-refractivity contribution in [2.24, 2.45) is 4.99 Å². The molecule has 0 bridgehead atoms. The van der Waals surface area contributed by atoms with Crippen LogP contribution in [0, 0.1) is 11.3 Å². The number of aromatic nitrogens is 1. The van der Waals surface area contributed by atoms with E-state index in [1.54, 1.807) is 23.1 Å². The number of para-hydroxylation sites is 1. The van der Waals surface area contributed by atoms with Crippen molar-refractivity contribution in [2.75, 3.05) is 37.3 Å². The van der Waals surface area contributed by atoms with Gasteiger partial charge in [-0.25, -0.2) is 4.98 Å². The van der Waals surface area contributed by atoms with Gasteiger partial charge in [-0.3, -0.25) is 4.99 Å². The lowest BCUT2D eigenvalue weighted by molar-refractivity contribution is 0.468. The Morgan fingerprint density at radius 3 is 3.14 bits per heavy atom. The predicted octanol–water partition coefficient (Wildman–Crippen LogP) is 3.33. The number of guanidine groups is 1. The number of benzene rings is 1. The second-order valence-electron chi connectivity index (χ2n) is 6.56. The van der Waals surface area contributed by atoms with Crippen LogP contribution in [-0.2, 0) is 0 Å². The molecule has 0 spiro atoms. The van der Waals surface area contributed by atoms with Crippen LogP contribution in [0.25, 0.3) is 0 Å². The van der Waals surface area contributed by atoms with Gasteiger partial charge in [0.1, 0.15) is 10.4 Å². The molecule has 1 atom stereocenters. The molecule has 1 aromatic heterocycles. The van der Waals surface area contributed by atoms with Gasteiger partial charge in [0.05, 0.1) is 11.3 Å². The Kier molecular flexibility index (Phi) is 8.00. The number of hydrogen-bond acceptors (Lipinski definition) is 6. The number of nitriles is 1. The molecule has 0 amide bonds. The summed E-state index contributed by atoms with van der Waals surface area (Å²) in [6.45, 7) is 2.74. The van der Waals surface area contributed by atoms with Gasteiger partial charge >= 0.3 is 0 Å². The Hall–Kier alpha value is -2.24. The molecule has 2 heterocycles. The third kappa shape index (κ3) is 5.88. The standard InChI is InChI=1S/C20H26N6S2/c1-22-19(23-9-5-12-27-20-24-10-13-28-20)25-17-7-4-11-26(15-17)18-8-3-2-6-16(18)14-21/h2-3,6,8,10,13,17H,4-5,7,9,11-12,15H2,1H3,(H2,22,23,25). The van der Waals surface area contributed by atoms with E-state index in [1.165, 1.54) is 0 Å². The number of piperidine rings is 1. The van der Waals surface area contributed by atoms with Crippen LogP contribution in [0.1, 0.15) is 24.8 Å². The molecule has 1 saturated heterocycles. The Morgan fingerprint density at radius 1 is 1.46 bits per heavy atom. The van der Waals surface area contributed by atoms with Crippen molar-refractivity contribution in [1.82, 2.24) is 15.6 Å². The molecule has 8 heteroatoms. The molecule has 2 aromatic rings. The van der Waals surface area contributed by atoms with Crippen LogP contribution in [0.4, 0.5) is 5.69 Å². The summed E-state index contributed by atoms with van der Waals surface area (Å²) < 4.78 is 1.13. The van der Waals surface area contributed by atoms with Gasteiger partial charge in [-0.2, -0.15) is 5.26 Å². The van der Waals surface area contributed by atoms with E-state index < -0.39 is 0 Å². The summed E-state index contributed by atoms with van der Waals surface area (Å²) in [6, 6.07) is 10.5. The summed E-state index contributed by atoms with van der Waals surface area (Å²) in [7, 11) is 1.81. The van der Waals surface area contributed by atoms with Gasteiger partial charge < -0.3 is 15.5 Å². The fourth-order valence-electron chi connectivity index (χ4n) is 3.27. The van der Waals surface area contributed by atoms with E-state index >= 15 is 0 Å². The van der Waals surface area contributed by atoms with E-state index in [-0.39, 0.29) is 0 Å². The van der Waals surface area contributed by atoms with E-state index in [2.05, 4.69) is 31.6 Å². The van der Waals surface area contributed by atoms with Crippen LogP contribution < -0.4 is 15.5 Å². The third-order valence-corrected chi connectivity index (χ3v) is 6.65. The fourth-order valence-corrected chi connectivity index (χ4v) is 4.91. The molecule has 0 saturated carbocycles.